The predicted octanol–water partition coefficient (Wildman–Crippen LogP) is 1.46. The lowest BCUT2D eigenvalue weighted by Gasteiger charge is -2.27. The highest BCUT2D eigenvalue weighted by Gasteiger charge is 2.31. The second-order valence-electron chi connectivity index (χ2n) is 5.40. The largest absolute Gasteiger partial charge is 0.459 e. The van der Waals surface area contributed by atoms with Crippen molar-refractivity contribution in [2.24, 2.45) is 5.73 Å². The standard InChI is InChI=1S/C16H22N2O3/c1-12(18-10-6-5-9-14(17)15(18)19)16(20)21-11-13-7-3-2-4-8-13/h2-4,7-8,12,14H,5-6,9-11,17H2,1H3. The molecule has 0 saturated carbocycles. The Balaban J connectivity index is 1.93. The van der Waals surface area contributed by atoms with Crippen LogP contribution in [-0.2, 0) is 20.9 Å². The zero-order valence-electron chi connectivity index (χ0n) is 12.3. The number of carbonyl (C=O) groups is 2. The van der Waals surface area contributed by atoms with Crippen molar-refractivity contribution in [1.82, 2.24) is 4.90 Å². The molecule has 1 aromatic rings. The molecule has 1 aliphatic heterocycles. The Morgan fingerprint density at radius 3 is 2.81 bits per heavy atom. The van der Waals surface area contributed by atoms with E-state index in [1.165, 1.54) is 0 Å². The fourth-order valence-electron chi connectivity index (χ4n) is 2.45. The molecule has 0 bridgehead atoms. The number of benzene rings is 1. The van der Waals surface area contributed by atoms with Crippen LogP contribution < -0.4 is 5.73 Å². The van der Waals surface area contributed by atoms with Crippen molar-refractivity contribution in [2.75, 3.05) is 6.54 Å². The summed E-state index contributed by atoms with van der Waals surface area (Å²) in [6.45, 7) is 2.48. The minimum absolute atomic E-state index is 0.156. The van der Waals surface area contributed by atoms with E-state index in [-0.39, 0.29) is 18.5 Å². The monoisotopic (exact) mass is 290 g/mol. The van der Waals surface area contributed by atoms with E-state index in [2.05, 4.69) is 0 Å². The number of likely N-dealkylation sites (tertiary alicyclic amines) is 1. The number of amides is 1. The van der Waals surface area contributed by atoms with Crippen molar-refractivity contribution in [2.45, 2.75) is 44.9 Å². The first-order chi connectivity index (χ1) is 10.1. The number of nitrogens with two attached hydrogens (primary N) is 1. The molecule has 114 valence electrons. The van der Waals surface area contributed by atoms with E-state index in [9.17, 15) is 9.59 Å². The van der Waals surface area contributed by atoms with Crippen LogP contribution in [0.15, 0.2) is 30.3 Å². The SMILES string of the molecule is CC(C(=O)OCc1ccccc1)N1CCCCC(N)C1=O. The smallest absolute Gasteiger partial charge is 0.328 e. The zero-order chi connectivity index (χ0) is 15.2. The van der Waals surface area contributed by atoms with Gasteiger partial charge in [-0.2, -0.15) is 0 Å². The number of hydrogen-bond acceptors (Lipinski definition) is 4. The molecule has 0 aromatic heterocycles. The molecule has 1 fully saturated rings. The second-order valence-corrected chi connectivity index (χ2v) is 5.40. The van der Waals surface area contributed by atoms with E-state index in [4.69, 9.17) is 10.5 Å². The topological polar surface area (TPSA) is 72.6 Å². The molecule has 1 amide bonds. The van der Waals surface area contributed by atoms with E-state index in [0.717, 1.165) is 18.4 Å². The number of hydrogen-bond donors (Lipinski definition) is 1. The zero-order valence-corrected chi connectivity index (χ0v) is 12.3. The lowest BCUT2D eigenvalue weighted by atomic mass is 10.1. The highest BCUT2D eigenvalue weighted by molar-refractivity contribution is 5.87. The molecule has 2 N–H and O–H groups in total. The molecule has 5 heteroatoms. The first-order valence-electron chi connectivity index (χ1n) is 7.36. The van der Waals surface area contributed by atoms with Gasteiger partial charge in [0.25, 0.3) is 0 Å². The van der Waals surface area contributed by atoms with Crippen LogP contribution >= 0.6 is 0 Å². The van der Waals surface area contributed by atoms with Crippen LogP contribution in [0, 0.1) is 0 Å². The number of rotatable bonds is 4. The van der Waals surface area contributed by atoms with Crippen LogP contribution in [0.4, 0.5) is 0 Å². The number of nitrogens with zero attached hydrogens (tertiary/aromatic N) is 1. The van der Waals surface area contributed by atoms with Gasteiger partial charge in [-0.3, -0.25) is 4.79 Å². The lowest BCUT2D eigenvalue weighted by Crippen LogP contribution is -2.49. The number of ether oxygens (including phenoxy) is 1. The van der Waals surface area contributed by atoms with Gasteiger partial charge in [-0.1, -0.05) is 30.3 Å². The van der Waals surface area contributed by atoms with Gasteiger partial charge in [0.15, 0.2) is 0 Å². The van der Waals surface area contributed by atoms with Gasteiger partial charge in [0, 0.05) is 6.54 Å². The van der Waals surface area contributed by atoms with Crippen LogP contribution in [0.25, 0.3) is 0 Å². The Morgan fingerprint density at radius 2 is 2.10 bits per heavy atom. The molecule has 5 nitrogen and oxygen atoms in total. The molecule has 0 spiro atoms. The van der Waals surface area contributed by atoms with Crippen molar-refractivity contribution in [3.8, 4) is 0 Å². The summed E-state index contributed by atoms with van der Waals surface area (Å²) in [4.78, 5) is 25.8. The summed E-state index contributed by atoms with van der Waals surface area (Å²) in [7, 11) is 0. The van der Waals surface area contributed by atoms with E-state index in [1.54, 1.807) is 11.8 Å². The van der Waals surface area contributed by atoms with Crippen LogP contribution in [0.3, 0.4) is 0 Å². The molecule has 1 aliphatic rings. The first kappa shape index (κ1) is 15.5. The van der Waals surface area contributed by atoms with Gasteiger partial charge in [0.05, 0.1) is 6.04 Å². The van der Waals surface area contributed by atoms with Gasteiger partial charge in [0.1, 0.15) is 12.6 Å². The van der Waals surface area contributed by atoms with E-state index in [0.29, 0.717) is 13.0 Å². The van der Waals surface area contributed by atoms with Crippen molar-refractivity contribution >= 4 is 11.9 Å². The maximum atomic E-state index is 12.2. The quantitative estimate of drug-likeness (QED) is 0.852. The predicted molar refractivity (Wildman–Crippen MR) is 79.2 cm³/mol. The Bertz CT molecular complexity index is 490. The number of carbonyl (C=O) groups excluding carboxylic acids is 2. The molecule has 2 rings (SSSR count). The van der Waals surface area contributed by atoms with Crippen molar-refractivity contribution in [1.29, 1.82) is 0 Å². The minimum Gasteiger partial charge on any atom is -0.459 e. The van der Waals surface area contributed by atoms with Crippen LogP contribution in [-0.4, -0.2) is 35.4 Å². The minimum atomic E-state index is -0.592. The van der Waals surface area contributed by atoms with Crippen LogP contribution in [0.5, 0.6) is 0 Å². The number of esters is 1. The van der Waals surface area contributed by atoms with Crippen LogP contribution in [0.1, 0.15) is 31.7 Å². The van der Waals surface area contributed by atoms with Gasteiger partial charge in [-0.25, -0.2) is 4.79 Å². The molecule has 1 aromatic carbocycles. The van der Waals surface area contributed by atoms with E-state index >= 15 is 0 Å². The van der Waals surface area contributed by atoms with Gasteiger partial charge in [-0.15, -0.1) is 0 Å². The summed E-state index contributed by atoms with van der Waals surface area (Å²) < 4.78 is 5.29. The summed E-state index contributed by atoms with van der Waals surface area (Å²) in [5.41, 5.74) is 6.76. The van der Waals surface area contributed by atoms with Gasteiger partial charge in [0.2, 0.25) is 5.91 Å². The Hall–Kier alpha value is -1.88. The molecule has 2 atom stereocenters. The third-order valence-corrected chi connectivity index (χ3v) is 3.80. The molecule has 1 saturated heterocycles. The van der Waals surface area contributed by atoms with Crippen molar-refractivity contribution in [3.05, 3.63) is 35.9 Å². The summed E-state index contributed by atoms with van der Waals surface area (Å²) in [6, 6.07) is 8.39. The summed E-state index contributed by atoms with van der Waals surface area (Å²) in [5.74, 6) is -0.544. The molecule has 21 heavy (non-hydrogen) atoms. The third kappa shape index (κ3) is 4.04. The Kier molecular flexibility index (Phi) is 5.33. The maximum Gasteiger partial charge on any atom is 0.328 e. The second kappa shape index (κ2) is 7.22. The normalized spacial score (nSPS) is 20.8. The van der Waals surface area contributed by atoms with E-state index in [1.807, 2.05) is 30.3 Å². The Morgan fingerprint density at radius 1 is 1.38 bits per heavy atom. The molecular formula is C16H22N2O3. The fraction of sp³-hybridized carbons (Fsp3) is 0.500. The van der Waals surface area contributed by atoms with E-state index < -0.39 is 12.1 Å². The first-order valence-corrected chi connectivity index (χ1v) is 7.36. The van der Waals surface area contributed by atoms with Gasteiger partial charge < -0.3 is 15.4 Å². The summed E-state index contributed by atoms with van der Waals surface area (Å²) in [5, 5.41) is 0. The van der Waals surface area contributed by atoms with Crippen molar-refractivity contribution in [3.63, 3.8) is 0 Å². The molecule has 1 heterocycles. The fourth-order valence-corrected chi connectivity index (χ4v) is 2.45. The molecule has 0 aliphatic carbocycles. The molecule has 2 unspecified atom stereocenters. The molecule has 0 radical (unpaired) electrons. The Labute approximate surface area is 125 Å². The molecular weight excluding hydrogens is 268 g/mol. The summed E-state index contributed by atoms with van der Waals surface area (Å²) >= 11 is 0. The van der Waals surface area contributed by atoms with Gasteiger partial charge >= 0.3 is 5.97 Å². The average molecular weight is 290 g/mol. The van der Waals surface area contributed by atoms with Gasteiger partial charge in [-0.05, 0) is 31.7 Å². The summed E-state index contributed by atoms with van der Waals surface area (Å²) in [6.07, 6.45) is 2.46. The average Bonchev–Trinajstić information content (AvgIpc) is 2.67. The lowest BCUT2D eigenvalue weighted by molar-refractivity contribution is -0.155. The highest BCUT2D eigenvalue weighted by atomic mass is 16.5. The van der Waals surface area contributed by atoms with Crippen molar-refractivity contribution < 1.29 is 14.3 Å². The third-order valence-electron chi connectivity index (χ3n) is 3.80. The highest BCUT2D eigenvalue weighted by Crippen LogP contribution is 2.15. The maximum absolute atomic E-state index is 12.2. The van der Waals surface area contributed by atoms with Crippen LogP contribution in [0.2, 0.25) is 0 Å².